The van der Waals surface area contributed by atoms with Gasteiger partial charge in [0.1, 0.15) is 0 Å². The first-order valence-electron chi connectivity index (χ1n) is 5.44. The van der Waals surface area contributed by atoms with Crippen LogP contribution < -0.4 is 11.1 Å². The van der Waals surface area contributed by atoms with Crippen molar-refractivity contribution in [1.29, 1.82) is 0 Å². The Morgan fingerprint density at radius 2 is 2.31 bits per heavy atom. The van der Waals surface area contributed by atoms with Gasteiger partial charge in [0.25, 0.3) is 0 Å². The molecule has 0 atom stereocenters. The van der Waals surface area contributed by atoms with Crippen LogP contribution in [0.3, 0.4) is 0 Å². The van der Waals surface area contributed by atoms with Crippen LogP contribution in [0.5, 0.6) is 0 Å². The SMILES string of the molecule is Cc1c(N)cccc1SCC(=O)NC1CC1. The van der Waals surface area contributed by atoms with Gasteiger partial charge in [-0.3, -0.25) is 4.79 Å². The zero-order chi connectivity index (χ0) is 11.5. The Morgan fingerprint density at radius 1 is 1.56 bits per heavy atom. The van der Waals surface area contributed by atoms with Crippen molar-refractivity contribution in [3.63, 3.8) is 0 Å². The van der Waals surface area contributed by atoms with Gasteiger partial charge in [0.15, 0.2) is 0 Å². The standard InChI is InChI=1S/C12H16N2OS/c1-8-10(13)3-2-4-11(8)16-7-12(15)14-9-5-6-9/h2-4,9H,5-7,13H2,1H3,(H,14,15). The Bertz CT molecular complexity index is 402. The molecule has 1 aliphatic carbocycles. The summed E-state index contributed by atoms with van der Waals surface area (Å²) in [5, 5.41) is 2.97. The summed E-state index contributed by atoms with van der Waals surface area (Å²) in [5.41, 5.74) is 7.65. The molecule has 1 saturated carbocycles. The van der Waals surface area contributed by atoms with E-state index in [0.717, 1.165) is 29.0 Å². The third-order valence-electron chi connectivity index (χ3n) is 2.63. The number of carbonyl (C=O) groups excluding carboxylic acids is 1. The Hall–Kier alpha value is -1.16. The van der Waals surface area contributed by atoms with E-state index in [1.807, 2.05) is 25.1 Å². The maximum Gasteiger partial charge on any atom is 0.230 e. The molecule has 0 spiro atoms. The summed E-state index contributed by atoms with van der Waals surface area (Å²) in [6.07, 6.45) is 2.27. The van der Waals surface area contributed by atoms with Gasteiger partial charge >= 0.3 is 0 Å². The highest BCUT2D eigenvalue weighted by atomic mass is 32.2. The van der Waals surface area contributed by atoms with Crippen molar-refractivity contribution in [3.05, 3.63) is 23.8 Å². The summed E-state index contributed by atoms with van der Waals surface area (Å²) in [4.78, 5) is 12.6. The van der Waals surface area contributed by atoms with Crippen LogP contribution in [0.4, 0.5) is 5.69 Å². The molecule has 1 aromatic carbocycles. The van der Waals surface area contributed by atoms with Crippen LogP contribution in [0.15, 0.2) is 23.1 Å². The Kier molecular flexibility index (Phi) is 3.39. The Labute approximate surface area is 99.8 Å². The van der Waals surface area contributed by atoms with Crippen molar-refractivity contribution in [1.82, 2.24) is 5.32 Å². The van der Waals surface area contributed by atoms with Crippen LogP contribution >= 0.6 is 11.8 Å². The lowest BCUT2D eigenvalue weighted by Gasteiger charge is -2.07. The van der Waals surface area contributed by atoms with Crippen molar-refractivity contribution in [2.45, 2.75) is 30.7 Å². The second-order valence-electron chi connectivity index (χ2n) is 4.10. The number of benzene rings is 1. The number of nitrogen functional groups attached to an aromatic ring is 1. The summed E-state index contributed by atoms with van der Waals surface area (Å²) >= 11 is 1.55. The lowest BCUT2D eigenvalue weighted by Crippen LogP contribution is -2.27. The molecule has 0 saturated heterocycles. The number of hydrogen-bond acceptors (Lipinski definition) is 3. The monoisotopic (exact) mass is 236 g/mol. The van der Waals surface area contributed by atoms with Gasteiger partial charge in [-0.1, -0.05) is 6.07 Å². The predicted molar refractivity (Wildman–Crippen MR) is 67.5 cm³/mol. The van der Waals surface area contributed by atoms with E-state index in [9.17, 15) is 4.79 Å². The fourth-order valence-electron chi connectivity index (χ4n) is 1.43. The van der Waals surface area contributed by atoms with E-state index in [4.69, 9.17) is 5.73 Å². The van der Waals surface area contributed by atoms with E-state index in [-0.39, 0.29) is 5.91 Å². The molecular weight excluding hydrogens is 220 g/mol. The van der Waals surface area contributed by atoms with E-state index in [1.54, 1.807) is 11.8 Å². The van der Waals surface area contributed by atoms with Gasteiger partial charge in [-0.2, -0.15) is 0 Å². The van der Waals surface area contributed by atoms with Crippen LogP contribution in [-0.4, -0.2) is 17.7 Å². The van der Waals surface area contributed by atoms with Crippen LogP contribution in [-0.2, 0) is 4.79 Å². The van der Waals surface area contributed by atoms with Gasteiger partial charge in [0.2, 0.25) is 5.91 Å². The zero-order valence-corrected chi connectivity index (χ0v) is 10.1. The molecule has 2 rings (SSSR count). The normalized spacial score (nSPS) is 14.8. The van der Waals surface area contributed by atoms with Crippen LogP contribution in [0.2, 0.25) is 0 Å². The highest BCUT2D eigenvalue weighted by Gasteiger charge is 2.23. The van der Waals surface area contributed by atoms with Crippen LogP contribution in [0.25, 0.3) is 0 Å². The summed E-state index contributed by atoms with van der Waals surface area (Å²) in [7, 11) is 0. The lowest BCUT2D eigenvalue weighted by atomic mass is 10.2. The molecule has 1 amide bonds. The quantitative estimate of drug-likeness (QED) is 0.620. The number of thioether (sulfide) groups is 1. The number of carbonyl (C=O) groups is 1. The number of anilines is 1. The first-order valence-corrected chi connectivity index (χ1v) is 6.42. The van der Waals surface area contributed by atoms with Crippen molar-refractivity contribution in [2.24, 2.45) is 0 Å². The van der Waals surface area contributed by atoms with Crippen molar-refractivity contribution in [2.75, 3.05) is 11.5 Å². The molecule has 1 aliphatic rings. The third-order valence-corrected chi connectivity index (χ3v) is 3.79. The molecule has 3 nitrogen and oxygen atoms in total. The molecule has 1 aromatic rings. The van der Waals surface area contributed by atoms with Gasteiger partial charge in [-0.25, -0.2) is 0 Å². The molecule has 1 fully saturated rings. The van der Waals surface area contributed by atoms with Gasteiger partial charge in [0, 0.05) is 16.6 Å². The highest BCUT2D eigenvalue weighted by molar-refractivity contribution is 8.00. The fraction of sp³-hybridized carbons (Fsp3) is 0.417. The average Bonchev–Trinajstić information content (AvgIpc) is 3.04. The molecule has 4 heteroatoms. The molecule has 3 N–H and O–H groups in total. The van der Waals surface area contributed by atoms with E-state index in [2.05, 4.69) is 5.32 Å². The third kappa shape index (κ3) is 2.92. The number of hydrogen-bond donors (Lipinski definition) is 2. The molecule has 0 bridgehead atoms. The fourth-order valence-corrected chi connectivity index (χ4v) is 2.31. The number of nitrogens with one attached hydrogen (secondary N) is 1. The lowest BCUT2D eigenvalue weighted by molar-refractivity contribution is -0.118. The second kappa shape index (κ2) is 4.78. The number of rotatable bonds is 4. The summed E-state index contributed by atoms with van der Waals surface area (Å²) in [6, 6.07) is 6.24. The molecule has 0 unspecified atom stereocenters. The van der Waals surface area contributed by atoms with Gasteiger partial charge in [-0.05, 0) is 37.5 Å². The van der Waals surface area contributed by atoms with E-state index >= 15 is 0 Å². The predicted octanol–water partition coefficient (Wildman–Crippen LogP) is 1.95. The Balaban J connectivity index is 1.88. The minimum absolute atomic E-state index is 0.120. The molecule has 0 aliphatic heterocycles. The first-order chi connectivity index (χ1) is 7.66. The maximum absolute atomic E-state index is 11.5. The maximum atomic E-state index is 11.5. The van der Waals surface area contributed by atoms with Gasteiger partial charge in [-0.15, -0.1) is 11.8 Å². The zero-order valence-electron chi connectivity index (χ0n) is 9.32. The molecule has 86 valence electrons. The minimum atomic E-state index is 0.120. The first kappa shape index (κ1) is 11.3. The van der Waals surface area contributed by atoms with E-state index < -0.39 is 0 Å². The minimum Gasteiger partial charge on any atom is -0.398 e. The molecule has 16 heavy (non-hydrogen) atoms. The average molecular weight is 236 g/mol. The van der Waals surface area contributed by atoms with E-state index in [0.29, 0.717) is 11.8 Å². The molecule has 0 aromatic heterocycles. The topological polar surface area (TPSA) is 55.1 Å². The highest BCUT2D eigenvalue weighted by Crippen LogP contribution is 2.26. The van der Waals surface area contributed by atoms with Crippen LogP contribution in [0.1, 0.15) is 18.4 Å². The van der Waals surface area contributed by atoms with Gasteiger partial charge < -0.3 is 11.1 Å². The van der Waals surface area contributed by atoms with Gasteiger partial charge in [0.05, 0.1) is 5.75 Å². The summed E-state index contributed by atoms with van der Waals surface area (Å²) < 4.78 is 0. The largest absolute Gasteiger partial charge is 0.398 e. The van der Waals surface area contributed by atoms with Crippen molar-refractivity contribution >= 4 is 23.4 Å². The summed E-state index contributed by atoms with van der Waals surface area (Å²) in [6.45, 7) is 1.98. The summed E-state index contributed by atoms with van der Waals surface area (Å²) in [5.74, 6) is 0.593. The van der Waals surface area contributed by atoms with Crippen LogP contribution in [0, 0.1) is 6.92 Å². The van der Waals surface area contributed by atoms with Crippen molar-refractivity contribution < 1.29 is 4.79 Å². The Morgan fingerprint density at radius 3 is 3.00 bits per heavy atom. The van der Waals surface area contributed by atoms with E-state index in [1.165, 1.54) is 0 Å². The number of amides is 1. The second-order valence-corrected chi connectivity index (χ2v) is 5.12. The molecule has 0 heterocycles. The molecular formula is C12H16N2OS. The molecule has 0 radical (unpaired) electrons. The number of nitrogens with two attached hydrogens (primary N) is 1. The smallest absolute Gasteiger partial charge is 0.230 e. The van der Waals surface area contributed by atoms with Crippen molar-refractivity contribution in [3.8, 4) is 0 Å².